The number of hydrogen-bond donors (Lipinski definition) is 0. The van der Waals surface area contributed by atoms with Crippen molar-refractivity contribution in [2.24, 2.45) is 0 Å². The summed E-state index contributed by atoms with van der Waals surface area (Å²) in [5.74, 6) is -0.701. The first-order chi connectivity index (χ1) is 9.04. The van der Waals surface area contributed by atoms with Crippen LogP contribution in [-0.2, 0) is 9.53 Å². The van der Waals surface area contributed by atoms with E-state index >= 15 is 0 Å². The summed E-state index contributed by atoms with van der Waals surface area (Å²) in [7, 11) is 1.20. The highest BCUT2D eigenvalue weighted by Gasteiger charge is 2.19. The molecule has 1 rings (SSSR count). The molecule has 0 bridgehead atoms. The van der Waals surface area contributed by atoms with E-state index in [4.69, 9.17) is 22.1 Å². The predicted molar refractivity (Wildman–Crippen MR) is 70.8 cm³/mol. The number of halogens is 1. The van der Waals surface area contributed by atoms with E-state index in [1.807, 2.05) is 0 Å². The van der Waals surface area contributed by atoms with Gasteiger partial charge in [0.2, 0.25) is 0 Å². The Labute approximate surface area is 115 Å². The topological polar surface area (TPSA) is 73.9 Å². The molecule has 0 aromatic heterocycles. The summed E-state index contributed by atoms with van der Waals surface area (Å²) >= 11 is 5.77. The molecule has 4 nitrogen and oxygen atoms in total. The second-order valence-electron chi connectivity index (χ2n) is 3.45. The van der Waals surface area contributed by atoms with Crippen LogP contribution in [0.5, 0.6) is 0 Å². The van der Waals surface area contributed by atoms with Crippen molar-refractivity contribution < 1.29 is 9.53 Å². The van der Waals surface area contributed by atoms with Crippen molar-refractivity contribution in [3.8, 4) is 12.1 Å². The quantitative estimate of drug-likeness (QED) is 0.367. The molecule has 19 heavy (non-hydrogen) atoms. The number of carbonyl (C=O) groups excluding carboxylic acids is 1. The van der Waals surface area contributed by atoms with Crippen LogP contribution in [0.1, 0.15) is 5.56 Å². The largest absolute Gasteiger partial charge is 0.465 e. The van der Waals surface area contributed by atoms with Gasteiger partial charge >= 0.3 is 5.97 Å². The third-order valence-electron chi connectivity index (χ3n) is 2.34. The van der Waals surface area contributed by atoms with E-state index in [-0.39, 0.29) is 16.7 Å². The van der Waals surface area contributed by atoms with E-state index in [0.29, 0.717) is 10.6 Å². The Morgan fingerprint density at radius 3 is 2.21 bits per heavy atom. The lowest BCUT2D eigenvalue weighted by atomic mass is 9.94. The smallest absolute Gasteiger partial charge is 0.337 e. The molecule has 0 heterocycles. The minimum absolute atomic E-state index is 0.0528. The first-order valence-corrected chi connectivity index (χ1v) is 5.51. The SMILES string of the molecule is C=C(C(=O)OC)C(=C(C#N)C#N)c1ccc(Cl)cc1. The van der Waals surface area contributed by atoms with Crippen LogP contribution in [0.3, 0.4) is 0 Å². The third-order valence-corrected chi connectivity index (χ3v) is 2.59. The van der Waals surface area contributed by atoms with Gasteiger partial charge in [0.1, 0.15) is 17.7 Å². The number of rotatable bonds is 3. The fraction of sp³-hybridized carbons (Fsp3) is 0.0714. The lowest BCUT2D eigenvalue weighted by molar-refractivity contribution is -0.135. The van der Waals surface area contributed by atoms with Crippen molar-refractivity contribution in [3.63, 3.8) is 0 Å². The van der Waals surface area contributed by atoms with E-state index in [2.05, 4.69) is 11.3 Å². The lowest BCUT2D eigenvalue weighted by Gasteiger charge is -2.09. The summed E-state index contributed by atoms with van der Waals surface area (Å²) in [5.41, 5.74) is 0.382. The molecule has 94 valence electrons. The molecule has 0 amide bonds. The number of esters is 1. The van der Waals surface area contributed by atoms with Crippen molar-refractivity contribution in [1.29, 1.82) is 10.5 Å². The first-order valence-electron chi connectivity index (χ1n) is 5.13. The van der Waals surface area contributed by atoms with E-state index in [9.17, 15) is 4.79 Å². The van der Waals surface area contributed by atoms with Gasteiger partial charge in [-0.25, -0.2) is 4.79 Å². The zero-order valence-electron chi connectivity index (χ0n) is 10.1. The van der Waals surface area contributed by atoms with Crippen LogP contribution in [0.4, 0.5) is 0 Å². The maximum Gasteiger partial charge on any atom is 0.337 e. The van der Waals surface area contributed by atoms with Crippen LogP contribution in [0.25, 0.3) is 5.57 Å². The van der Waals surface area contributed by atoms with E-state index in [1.54, 1.807) is 36.4 Å². The van der Waals surface area contributed by atoms with Gasteiger partial charge in [0.25, 0.3) is 0 Å². The van der Waals surface area contributed by atoms with Gasteiger partial charge in [0.15, 0.2) is 0 Å². The van der Waals surface area contributed by atoms with Gasteiger partial charge in [-0.2, -0.15) is 10.5 Å². The normalized spacial score (nSPS) is 8.84. The Bertz CT molecular complexity index is 615. The highest BCUT2D eigenvalue weighted by Crippen LogP contribution is 2.27. The van der Waals surface area contributed by atoms with Gasteiger partial charge in [0, 0.05) is 10.6 Å². The predicted octanol–water partition coefficient (Wildman–Crippen LogP) is 2.87. The molecule has 0 atom stereocenters. The average Bonchev–Trinajstić information content (AvgIpc) is 2.44. The number of allylic oxidation sites excluding steroid dienone is 1. The molecule has 0 radical (unpaired) electrons. The van der Waals surface area contributed by atoms with Crippen molar-refractivity contribution in [2.45, 2.75) is 0 Å². The van der Waals surface area contributed by atoms with E-state index in [0.717, 1.165) is 0 Å². The van der Waals surface area contributed by atoms with E-state index < -0.39 is 5.97 Å². The fourth-order valence-corrected chi connectivity index (χ4v) is 1.57. The summed E-state index contributed by atoms with van der Waals surface area (Å²) in [6.45, 7) is 3.57. The van der Waals surface area contributed by atoms with Crippen LogP contribution in [0, 0.1) is 22.7 Å². The molecule has 1 aromatic carbocycles. The molecule has 1 aromatic rings. The molecule has 0 unspecified atom stereocenters. The molecule has 0 fully saturated rings. The number of benzene rings is 1. The number of hydrogen-bond acceptors (Lipinski definition) is 4. The number of nitrogens with zero attached hydrogens (tertiary/aromatic N) is 2. The molecule has 0 aliphatic heterocycles. The van der Waals surface area contributed by atoms with Gasteiger partial charge < -0.3 is 4.74 Å². The zero-order valence-corrected chi connectivity index (χ0v) is 10.9. The van der Waals surface area contributed by atoms with Crippen LogP contribution >= 0.6 is 11.6 Å². The van der Waals surface area contributed by atoms with Crippen molar-refractivity contribution in [1.82, 2.24) is 0 Å². The van der Waals surface area contributed by atoms with Crippen molar-refractivity contribution in [3.05, 3.63) is 52.6 Å². The number of methoxy groups -OCH3 is 1. The first kappa shape index (κ1) is 14.5. The maximum atomic E-state index is 11.5. The molecule has 0 saturated carbocycles. The number of carbonyl (C=O) groups is 1. The van der Waals surface area contributed by atoms with Crippen LogP contribution in [0.15, 0.2) is 42.0 Å². The Balaban J connectivity index is 3.47. The number of ether oxygens (including phenoxy) is 1. The van der Waals surface area contributed by atoms with Crippen LogP contribution < -0.4 is 0 Å². The van der Waals surface area contributed by atoms with Crippen LogP contribution in [0.2, 0.25) is 5.02 Å². The lowest BCUT2D eigenvalue weighted by Crippen LogP contribution is -2.07. The fourth-order valence-electron chi connectivity index (χ4n) is 1.45. The monoisotopic (exact) mass is 272 g/mol. The second-order valence-corrected chi connectivity index (χ2v) is 3.89. The van der Waals surface area contributed by atoms with Crippen LogP contribution in [-0.4, -0.2) is 13.1 Å². The Morgan fingerprint density at radius 1 is 1.26 bits per heavy atom. The molecule has 0 aliphatic rings. The minimum Gasteiger partial charge on any atom is -0.465 e. The van der Waals surface area contributed by atoms with Crippen molar-refractivity contribution in [2.75, 3.05) is 7.11 Å². The Kier molecular flexibility index (Phi) is 4.88. The average molecular weight is 273 g/mol. The number of nitriles is 2. The molecular formula is C14H9ClN2O2. The van der Waals surface area contributed by atoms with Gasteiger partial charge in [-0.15, -0.1) is 0 Å². The Morgan fingerprint density at radius 2 is 1.79 bits per heavy atom. The summed E-state index contributed by atoms with van der Waals surface area (Å²) in [4.78, 5) is 11.5. The highest BCUT2D eigenvalue weighted by molar-refractivity contribution is 6.30. The summed E-state index contributed by atoms with van der Waals surface area (Å²) in [6.07, 6.45) is 0. The van der Waals surface area contributed by atoms with Gasteiger partial charge in [-0.1, -0.05) is 30.3 Å². The summed E-state index contributed by atoms with van der Waals surface area (Å²) in [6, 6.07) is 9.86. The molecular weight excluding hydrogens is 264 g/mol. The third kappa shape index (κ3) is 3.22. The maximum absolute atomic E-state index is 11.5. The molecule has 0 N–H and O–H groups in total. The highest BCUT2D eigenvalue weighted by atomic mass is 35.5. The van der Waals surface area contributed by atoms with Gasteiger partial charge in [0.05, 0.1) is 12.7 Å². The van der Waals surface area contributed by atoms with E-state index in [1.165, 1.54) is 7.11 Å². The molecule has 0 aliphatic carbocycles. The van der Waals surface area contributed by atoms with Gasteiger partial charge in [-0.05, 0) is 17.7 Å². The molecule has 0 saturated heterocycles. The standard InChI is InChI=1S/C14H9ClN2O2/c1-9(14(18)19-2)13(11(7-16)8-17)10-3-5-12(15)6-4-10/h3-6H,1H2,2H3. The molecule has 0 spiro atoms. The molecule has 5 heteroatoms. The summed E-state index contributed by atoms with van der Waals surface area (Å²) in [5, 5.41) is 18.4. The summed E-state index contributed by atoms with van der Waals surface area (Å²) < 4.78 is 4.56. The minimum atomic E-state index is -0.701. The second kappa shape index (κ2) is 6.39. The van der Waals surface area contributed by atoms with Crippen molar-refractivity contribution >= 4 is 23.1 Å². The van der Waals surface area contributed by atoms with Gasteiger partial charge in [-0.3, -0.25) is 0 Å². The zero-order chi connectivity index (χ0) is 14.4. The Hall–Kier alpha value is -2.56.